The van der Waals surface area contributed by atoms with Crippen LogP contribution in [-0.2, 0) is 0 Å². The van der Waals surface area contributed by atoms with Gasteiger partial charge in [-0.15, -0.1) is 10.2 Å². The molecule has 0 unspecified atom stereocenters. The van der Waals surface area contributed by atoms with Crippen LogP contribution in [-0.4, -0.2) is 14.8 Å². The van der Waals surface area contributed by atoms with Crippen LogP contribution in [0.2, 0.25) is 10.0 Å². The summed E-state index contributed by atoms with van der Waals surface area (Å²) in [5.74, 6) is 0. The van der Waals surface area contributed by atoms with Crippen molar-refractivity contribution in [2.75, 3.05) is 0 Å². The SMILES string of the molecule is Clc1ccc(-n2cnnc2)cc1Cl. The smallest absolute Gasteiger partial charge is 0.123 e. The van der Waals surface area contributed by atoms with Crippen LogP contribution in [0, 0.1) is 0 Å². The molecule has 3 nitrogen and oxygen atoms in total. The standard InChI is InChI=1S/C8H5Cl2N3/c9-7-2-1-6(3-8(7)10)13-4-11-12-5-13/h1-5H. The molecule has 1 aromatic carbocycles. The molecule has 0 amide bonds. The van der Waals surface area contributed by atoms with Crippen molar-refractivity contribution in [2.45, 2.75) is 0 Å². The second-order valence-electron chi connectivity index (χ2n) is 2.47. The fourth-order valence-corrected chi connectivity index (χ4v) is 1.27. The Morgan fingerprint density at radius 3 is 2.31 bits per heavy atom. The molecule has 0 radical (unpaired) electrons. The van der Waals surface area contributed by atoms with Crippen molar-refractivity contribution >= 4 is 23.2 Å². The maximum absolute atomic E-state index is 5.84. The Morgan fingerprint density at radius 1 is 1.00 bits per heavy atom. The van der Waals surface area contributed by atoms with Crippen LogP contribution >= 0.6 is 23.2 Å². The van der Waals surface area contributed by atoms with E-state index >= 15 is 0 Å². The summed E-state index contributed by atoms with van der Waals surface area (Å²) in [6.07, 6.45) is 3.19. The monoisotopic (exact) mass is 213 g/mol. The van der Waals surface area contributed by atoms with Crippen LogP contribution in [0.15, 0.2) is 30.9 Å². The van der Waals surface area contributed by atoms with Gasteiger partial charge in [0, 0.05) is 5.69 Å². The van der Waals surface area contributed by atoms with Crippen molar-refractivity contribution in [3.63, 3.8) is 0 Å². The first-order chi connectivity index (χ1) is 6.27. The highest BCUT2D eigenvalue weighted by atomic mass is 35.5. The summed E-state index contributed by atoms with van der Waals surface area (Å²) in [4.78, 5) is 0. The first-order valence-corrected chi connectivity index (χ1v) is 4.33. The van der Waals surface area contributed by atoms with Gasteiger partial charge in [-0.1, -0.05) is 23.2 Å². The first-order valence-electron chi connectivity index (χ1n) is 3.57. The third-order valence-electron chi connectivity index (χ3n) is 1.62. The van der Waals surface area contributed by atoms with E-state index in [1.165, 1.54) is 0 Å². The van der Waals surface area contributed by atoms with Gasteiger partial charge in [-0.25, -0.2) is 0 Å². The second kappa shape index (κ2) is 3.36. The summed E-state index contributed by atoms with van der Waals surface area (Å²) < 4.78 is 1.75. The van der Waals surface area contributed by atoms with Crippen LogP contribution in [0.1, 0.15) is 0 Å². The quantitative estimate of drug-likeness (QED) is 0.730. The van der Waals surface area contributed by atoms with Gasteiger partial charge < -0.3 is 0 Å². The maximum Gasteiger partial charge on any atom is 0.123 e. The first kappa shape index (κ1) is 8.53. The summed E-state index contributed by atoms with van der Waals surface area (Å²) in [6, 6.07) is 5.34. The minimum absolute atomic E-state index is 0.521. The van der Waals surface area contributed by atoms with E-state index in [0.717, 1.165) is 5.69 Å². The summed E-state index contributed by atoms with van der Waals surface area (Å²) >= 11 is 11.6. The van der Waals surface area contributed by atoms with Crippen molar-refractivity contribution in [1.82, 2.24) is 14.8 Å². The number of nitrogens with zero attached hydrogens (tertiary/aromatic N) is 3. The van der Waals surface area contributed by atoms with Crippen LogP contribution in [0.4, 0.5) is 0 Å². The van der Waals surface area contributed by atoms with Gasteiger partial charge in [0.1, 0.15) is 12.7 Å². The van der Waals surface area contributed by atoms with Crippen LogP contribution in [0.3, 0.4) is 0 Å². The Balaban J connectivity index is 2.49. The number of hydrogen-bond acceptors (Lipinski definition) is 2. The third kappa shape index (κ3) is 1.66. The molecule has 0 aliphatic heterocycles. The molecule has 13 heavy (non-hydrogen) atoms. The minimum atomic E-state index is 0.521. The van der Waals surface area contributed by atoms with Crippen LogP contribution in [0.5, 0.6) is 0 Å². The molecule has 0 bridgehead atoms. The fraction of sp³-hybridized carbons (Fsp3) is 0. The molecule has 0 saturated carbocycles. The Labute approximate surface area is 84.9 Å². The van der Waals surface area contributed by atoms with Gasteiger partial charge in [0.2, 0.25) is 0 Å². The average molecular weight is 214 g/mol. The topological polar surface area (TPSA) is 30.7 Å². The lowest BCUT2D eigenvalue weighted by atomic mass is 10.3. The molecule has 0 aliphatic carbocycles. The zero-order chi connectivity index (χ0) is 9.26. The maximum atomic E-state index is 5.84. The minimum Gasteiger partial charge on any atom is -0.288 e. The van der Waals surface area contributed by atoms with Crippen molar-refractivity contribution in [3.05, 3.63) is 40.9 Å². The van der Waals surface area contributed by atoms with E-state index in [1.807, 2.05) is 6.07 Å². The molecule has 0 spiro atoms. The summed E-state index contributed by atoms with van der Waals surface area (Å²) in [7, 11) is 0. The molecular weight excluding hydrogens is 209 g/mol. The van der Waals surface area contributed by atoms with Gasteiger partial charge in [-0.3, -0.25) is 4.57 Å². The van der Waals surface area contributed by atoms with Gasteiger partial charge in [-0.05, 0) is 18.2 Å². The lowest BCUT2D eigenvalue weighted by molar-refractivity contribution is 1.06. The van der Waals surface area contributed by atoms with E-state index in [9.17, 15) is 0 Å². The van der Waals surface area contributed by atoms with Crippen LogP contribution < -0.4 is 0 Å². The van der Waals surface area contributed by atoms with E-state index in [0.29, 0.717) is 10.0 Å². The number of benzene rings is 1. The highest BCUT2D eigenvalue weighted by Gasteiger charge is 2.00. The van der Waals surface area contributed by atoms with E-state index < -0.39 is 0 Å². The van der Waals surface area contributed by atoms with Crippen molar-refractivity contribution in [2.24, 2.45) is 0 Å². The van der Waals surface area contributed by atoms with E-state index in [2.05, 4.69) is 10.2 Å². The summed E-state index contributed by atoms with van der Waals surface area (Å²) in [5.41, 5.74) is 0.888. The van der Waals surface area contributed by atoms with Crippen LogP contribution in [0.25, 0.3) is 5.69 Å². The van der Waals surface area contributed by atoms with Crippen molar-refractivity contribution in [1.29, 1.82) is 0 Å². The van der Waals surface area contributed by atoms with Crippen molar-refractivity contribution < 1.29 is 0 Å². The third-order valence-corrected chi connectivity index (χ3v) is 2.36. The molecule has 1 heterocycles. The van der Waals surface area contributed by atoms with Gasteiger partial charge in [0.15, 0.2) is 0 Å². The van der Waals surface area contributed by atoms with Gasteiger partial charge in [-0.2, -0.15) is 0 Å². The van der Waals surface area contributed by atoms with Gasteiger partial charge in [0.05, 0.1) is 10.0 Å². The molecule has 1 aromatic heterocycles. The van der Waals surface area contributed by atoms with Gasteiger partial charge >= 0.3 is 0 Å². The molecule has 5 heteroatoms. The molecule has 2 aromatic rings. The summed E-state index contributed by atoms with van der Waals surface area (Å²) in [6.45, 7) is 0. The number of aromatic nitrogens is 3. The van der Waals surface area contributed by atoms with Gasteiger partial charge in [0.25, 0.3) is 0 Å². The predicted octanol–water partition coefficient (Wildman–Crippen LogP) is 2.57. The molecule has 0 saturated heterocycles. The molecule has 0 atom stereocenters. The Hall–Kier alpha value is -1.06. The Morgan fingerprint density at radius 2 is 1.69 bits per heavy atom. The second-order valence-corrected chi connectivity index (χ2v) is 3.28. The normalized spacial score (nSPS) is 10.3. The van der Waals surface area contributed by atoms with E-state index in [1.54, 1.807) is 29.4 Å². The van der Waals surface area contributed by atoms with E-state index in [4.69, 9.17) is 23.2 Å². The molecule has 0 fully saturated rings. The summed E-state index contributed by atoms with van der Waals surface area (Å²) in [5, 5.41) is 8.44. The number of halogens is 2. The zero-order valence-electron chi connectivity index (χ0n) is 6.48. The number of hydrogen-bond donors (Lipinski definition) is 0. The number of rotatable bonds is 1. The Kier molecular flexibility index (Phi) is 2.20. The molecule has 2 rings (SSSR count). The molecular formula is C8H5Cl2N3. The lowest BCUT2D eigenvalue weighted by Gasteiger charge is -2.01. The highest BCUT2D eigenvalue weighted by Crippen LogP contribution is 2.23. The Bertz CT molecular complexity index is 411. The van der Waals surface area contributed by atoms with E-state index in [-0.39, 0.29) is 0 Å². The molecule has 0 N–H and O–H groups in total. The predicted molar refractivity (Wildman–Crippen MR) is 51.4 cm³/mol. The zero-order valence-corrected chi connectivity index (χ0v) is 8.00. The van der Waals surface area contributed by atoms with Crippen molar-refractivity contribution in [3.8, 4) is 5.69 Å². The largest absolute Gasteiger partial charge is 0.288 e. The molecule has 66 valence electrons. The molecule has 0 aliphatic rings. The average Bonchev–Trinajstić information content (AvgIpc) is 2.62. The lowest BCUT2D eigenvalue weighted by Crippen LogP contribution is -1.89. The fourth-order valence-electron chi connectivity index (χ4n) is 0.980. The highest BCUT2D eigenvalue weighted by molar-refractivity contribution is 6.42.